The Morgan fingerprint density at radius 1 is 1.18 bits per heavy atom. The maximum absolute atomic E-state index is 13.7. The molecule has 34 heavy (non-hydrogen) atoms. The average Bonchev–Trinajstić information content (AvgIpc) is 3.47. The first-order valence-corrected chi connectivity index (χ1v) is 12.8. The van der Waals surface area contributed by atoms with Crippen LogP contribution in [0.2, 0.25) is 0 Å². The predicted octanol–water partition coefficient (Wildman–Crippen LogP) is 2.63. The second-order valence-corrected chi connectivity index (χ2v) is 10.5. The molecule has 0 aromatic heterocycles. The summed E-state index contributed by atoms with van der Waals surface area (Å²) in [5.74, 6) is -2.19. The second-order valence-electron chi connectivity index (χ2n) is 9.57. The number of fused-ring (bicyclic) bond motifs is 1. The average molecular weight is 532 g/mol. The van der Waals surface area contributed by atoms with Gasteiger partial charge >= 0.3 is 0 Å². The third kappa shape index (κ3) is 3.97. The number of rotatable bonds is 7. The fourth-order valence-corrected chi connectivity index (χ4v) is 6.25. The number of ether oxygens (including phenoxy) is 2. The summed E-state index contributed by atoms with van der Waals surface area (Å²) in [7, 11) is 1.56. The van der Waals surface area contributed by atoms with Crippen molar-refractivity contribution in [3.05, 3.63) is 40.9 Å². The molecular weight excluding hydrogens is 502 g/mol. The van der Waals surface area contributed by atoms with Gasteiger partial charge in [-0.3, -0.25) is 14.4 Å². The Balaban J connectivity index is 1.42. The number of nitrogens with zero attached hydrogens (tertiary/aromatic N) is 1. The molecule has 0 unspecified atom stereocenters. The molecule has 5 atom stereocenters. The van der Waals surface area contributed by atoms with E-state index in [4.69, 9.17) is 9.47 Å². The van der Waals surface area contributed by atoms with Crippen LogP contribution in [0.4, 0.5) is 5.69 Å². The summed E-state index contributed by atoms with van der Waals surface area (Å²) in [6.45, 7) is 0.559. The fourth-order valence-electron chi connectivity index (χ4n) is 5.98. The number of hydrogen-bond donors (Lipinski definition) is 2. The van der Waals surface area contributed by atoms with Crippen molar-refractivity contribution in [3.63, 3.8) is 0 Å². The van der Waals surface area contributed by atoms with Crippen molar-refractivity contribution in [2.45, 2.75) is 55.9 Å². The van der Waals surface area contributed by atoms with E-state index in [1.807, 2.05) is 24.3 Å². The molecule has 0 radical (unpaired) electrons. The molecule has 3 aliphatic heterocycles. The molecule has 3 heterocycles. The van der Waals surface area contributed by atoms with E-state index in [1.165, 1.54) is 6.42 Å². The number of anilines is 1. The van der Waals surface area contributed by atoms with Gasteiger partial charge in [0.25, 0.3) is 0 Å². The Bertz CT molecular complexity index is 993. The van der Waals surface area contributed by atoms with Crippen molar-refractivity contribution in [3.8, 4) is 0 Å². The van der Waals surface area contributed by atoms with E-state index in [0.29, 0.717) is 12.3 Å². The maximum Gasteiger partial charge on any atom is 0.246 e. The lowest BCUT2D eigenvalue weighted by Gasteiger charge is -2.34. The van der Waals surface area contributed by atoms with Gasteiger partial charge < -0.3 is 25.0 Å². The molecule has 182 valence electrons. The van der Waals surface area contributed by atoms with E-state index >= 15 is 0 Å². The molecule has 1 saturated carbocycles. The number of likely N-dealkylation sites (tertiary alicyclic amines) is 1. The van der Waals surface area contributed by atoms with Gasteiger partial charge in [-0.25, -0.2) is 0 Å². The van der Waals surface area contributed by atoms with Gasteiger partial charge in [0.05, 0.1) is 24.5 Å². The topological polar surface area (TPSA) is 97.0 Å². The van der Waals surface area contributed by atoms with Crippen LogP contribution >= 0.6 is 15.9 Å². The quantitative estimate of drug-likeness (QED) is 0.527. The molecule has 1 aromatic carbocycles. The smallest absolute Gasteiger partial charge is 0.246 e. The van der Waals surface area contributed by atoms with Gasteiger partial charge in [0.2, 0.25) is 17.7 Å². The standard InChI is InChI=1S/C25H30BrN3O5/c1-33-14-13-29-21(23(31)28-16-5-3-2-4-6-16)25-12-11-18(34-25)19(20(25)24(29)32)22(30)27-17-9-7-15(26)8-10-17/h7-12,16,18-21H,2-6,13-14H2,1H3,(H,27,30)(H,28,31)/t18-,19+,20-,21-,25+/m1/s1. The van der Waals surface area contributed by atoms with Crippen LogP contribution in [0, 0.1) is 11.8 Å². The van der Waals surface area contributed by atoms with E-state index in [2.05, 4.69) is 26.6 Å². The number of halogens is 1. The summed E-state index contributed by atoms with van der Waals surface area (Å²) < 4.78 is 12.5. The number of hydrogen-bond acceptors (Lipinski definition) is 5. The third-order valence-corrected chi connectivity index (χ3v) is 8.05. The number of nitrogens with one attached hydrogen (secondary N) is 2. The summed E-state index contributed by atoms with van der Waals surface area (Å²) in [4.78, 5) is 42.2. The Kier molecular flexibility index (Phi) is 6.52. The van der Waals surface area contributed by atoms with Crippen LogP contribution in [0.25, 0.3) is 0 Å². The van der Waals surface area contributed by atoms with E-state index in [-0.39, 0.29) is 30.3 Å². The van der Waals surface area contributed by atoms with Gasteiger partial charge in [-0.05, 0) is 37.1 Å². The minimum Gasteiger partial charge on any atom is -0.383 e. The molecule has 2 saturated heterocycles. The Morgan fingerprint density at radius 3 is 2.62 bits per heavy atom. The Morgan fingerprint density at radius 2 is 1.91 bits per heavy atom. The van der Waals surface area contributed by atoms with E-state index in [9.17, 15) is 14.4 Å². The zero-order valence-corrected chi connectivity index (χ0v) is 20.8. The lowest BCUT2D eigenvalue weighted by atomic mass is 9.74. The molecular formula is C25H30BrN3O5. The highest BCUT2D eigenvalue weighted by molar-refractivity contribution is 9.10. The van der Waals surface area contributed by atoms with Crippen molar-refractivity contribution in [2.24, 2.45) is 11.8 Å². The first-order chi connectivity index (χ1) is 16.4. The predicted molar refractivity (Wildman–Crippen MR) is 129 cm³/mol. The number of carbonyl (C=O) groups excluding carboxylic acids is 3. The highest BCUT2D eigenvalue weighted by Crippen LogP contribution is 2.55. The third-order valence-electron chi connectivity index (χ3n) is 7.52. The monoisotopic (exact) mass is 531 g/mol. The molecule has 1 aromatic rings. The molecule has 2 N–H and O–H groups in total. The molecule has 5 rings (SSSR count). The summed E-state index contributed by atoms with van der Waals surface area (Å²) in [6, 6.07) is 6.55. The molecule has 9 heteroatoms. The summed E-state index contributed by atoms with van der Waals surface area (Å²) in [5.41, 5.74) is -0.502. The van der Waals surface area contributed by atoms with E-state index < -0.39 is 29.6 Å². The fraction of sp³-hybridized carbons (Fsp3) is 0.560. The Labute approximate surface area is 207 Å². The molecule has 3 fully saturated rings. The van der Waals surface area contributed by atoms with Crippen LogP contribution in [0.1, 0.15) is 32.1 Å². The molecule has 4 aliphatic rings. The van der Waals surface area contributed by atoms with Gasteiger partial charge in [0, 0.05) is 29.9 Å². The van der Waals surface area contributed by atoms with E-state index in [1.54, 1.807) is 24.1 Å². The van der Waals surface area contributed by atoms with Crippen molar-refractivity contribution < 1.29 is 23.9 Å². The molecule has 8 nitrogen and oxygen atoms in total. The first-order valence-electron chi connectivity index (χ1n) is 12.0. The normalized spacial score (nSPS) is 32.2. The Hall–Kier alpha value is -2.23. The summed E-state index contributed by atoms with van der Waals surface area (Å²) in [6.07, 6.45) is 8.37. The second kappa shape index (κ2) is 9.43. The van der Waals surface area contributed by atoms with Crippen LogP contribution < -0.4 is 10.6 Å². The lowest BCUT2D eigenvalue weighted by molar-refractivity contribution is -0.142. The van der Waals surface area contributed by atoms with Gasteiger partial charge in [0.1, 0.15) is 11.6 Å². The molecule has 1 aliphatic carbocycles. The van der Waals surface area contributed by atoms with Crippen molar-refractivity contribution in [1.82, 2.24) is 10.2 Å². The van der Waals surface area contributed by atoms with Crippen LogP contribution in [0.15, 0.2) is 40.9 Å². The largest absolute Gasteiger partial charge is 0.383 e. The number of benzene rings is 1. The zero-order chi connectivity index (χ0) is 23.9. The minimum atomic E-state index is -1.14. The van der Waals surface area contributed by atoms with Crippen molar-refractivity contribution in [1.29, 1.82) is 0 Å². The minimum absolute atomic E-state index is 0.107. The summed E-state index contributed by atoms with van der Waals surface area (Å²) >= 11 is 3.39. The SMILES string of the molecule is COCCN1C(=O)[C@H]2[C@@H](C(=O)Nc3ccc(Br)cc3)[C@H]3C=C[C@@]2(O3)[C@H]1C(=O)NC1CCCCC1. The first kappa shape index (κ1) is 23.5. The van der Waals surface area contributed by atoms with Crippen LogP contribution in [0.3, 0.4) is 0 Å². The number of carbonyl (C=O) groups is 3. The molecule has 2 bridgehead atoms. The summed E-state index contributed by atoms with van der Waals surface area (Å²) in [5, 5.41) is 6.10. The van der Waals surface area contributed by atoms with Crippen LogP contribution in [-0.2, 0) is 23.9 Å². The van der Waals surface area contributed by atoms with Gasteiger partial charge in [-0.15, -0.1) is 0 Å². The van der Waals surface area contributed by atoms with Gasteiger partial charge in [-0.1, -0.05) is 47.3 Å². The maximum atomic E-state index is 13.7. The van der Waals surface area contributed by atoms with Crippen LogP contribution in [-0.4, -0.2) is 66.7 Å². The highest BCUT2D eigenvalue weighted by atomic mass is 79.9. The van der Waals surface area contributed by atoms with Crippen LogP contribution in [0.5, 0.6) is 0 Å². The van der Waals surface area contributed by atoms with Crippen molar-refractivity contribution in [2.75, 3.05) is 25.6 Å². The number of methoxy groups -OCH3 is 1. The number of amides is 3. The highest BCUT2D eigenvalue weighted by Gasteiger charge is 2.72. The zero-order valence-electron chi connectivity index (χ0n) is 19.2. The van der Waals surface area contributed by atoms with E-state index in [0.717, 1.165) is 30.2 Å². The van der Waals surface area contributed by atoms with Gasteiger partial charge in [-0.2, -0.15) is 0 Å². The van der Waals surface area contributed by atoms with Gasteiger partial charge in [0.15, 0.2) is 0 Å². The lowest BCUT2D eigenvalue weighted by Crippen LogP contribution is -2.57. The molecule has 3 amide bonds. The molecule has 1 spiro atoms. The van der Waals surface area contributed by atoms with Crippen molar-refractivity contribution >= 4 is 39.3 Å².